The van der Waals surface area contributed by atoms with Crippen LogP contribution in [0.25, 0.3) is 11.5 Å². The van der Waals surface area contributed by atoms with Crippen LogP contribution in [0.4, 0.5) is 0 Å². The first-order chi connectivity index (χ1) is 9.46. The van der Waals surface area contributed by atoms with E-state index in [4.69, 9.17) is 4.74 Å². The molecule has 0 unspecified atom stereocenters. The van der Waals surface area contributed by atoms with Crippen molar-refractivity contribution in [2.75, 3.05) is 6.61 Å². The number of hydrogen-bond donors (Lipinski definition) is 0. The van der Waals surface area contributed by atoms with Gasteiger partial charge in [-0.2, -0.15) is 0 Å². The fourth-order valence-corrected chi connectivity index (χ4v) is 2.69. The van der Waals surface area contributed by atoms with Crippen molar-refractivity contribution in [3.8, 4) is 11.5 Å². The van der Waals surface area contributed by atoms with Crippen molar-refractivity contribution in [3.63, 3.8) is 0 Å². The molecule has 0 aromatic carbocycles. The van der Waals surface area contributed by atoms with Gasteiger partial charge < -0.3 is 9.30 Å². The molecule has 0 aliphatic rings. The van der Waals surface area contributed by atoms with Crippen LogP contribution >= 0.6 is 15.9 Å². The van der Waals surface area contributed by atoms with Gasteiger partial charge in [0.05, 0.1) is 0 Å². The maximum Gasteiger partial charge on any atom is 0.160 e. The second-order valence-electron chi connectivity index (χ2n) is 5.93. The van der Waals surface area contributed by atoms with Crippen molar-refractivity contribution in [1.29, 1.82) is 0 Å². The third kappa shape index (κ3) is 4.54. The number of aromatic nitrogens is 3. The molecule has 2 aromatic rings. The Labute approximate surface area is 129 Å². The number of imidazole rings is 1. The molecule has 0 aliphatic carbocycles. The summed E-state index contributed by atoms with van der Waals surface area (Å²) in [6.07, 6.45) is 5.48. The molecule has 0 spiro atoms. The first kappa shape index (κ1) is 15.4. The Morgan fingerprint density at radius 1 is 1.25 bits per heavy atom. The summed E-state index contributed by atoms with van der Waals surface area (Å²) in [4.78, 5) is 8.73. The van der Waals surface area contributed by atoms with Crippen molar-refractivity contribution in [2.45, 2.75) is 32.4 Å². The molecule has 2 aromatic heterocycles. The van der Waals surface area contributed by atoms with Gasteiger partial charge in [0.2, 0.25) is 0 Å². The Balaban J connectivity index is 1.97. The van der Waals surface area contributed by atoms with Crippen molar-refractivity contribution in [2.24, 2.45) is 0 Å². The lowest BCUT2D eigenvalue weighted by atomic mass is 10.3. The van der Waals surface area contributed by atoms with E-state index in [2.05, 4.69) is 45.5 Å². The first-order valence-electron chi connectivity index (χ1n) is 6.66. The second-order valence-corrected chi connectivity index (χ2v) is 12.5. The van der Waals surface area contributed by atoms with Crippen molar-refractivity contribution in [3.05, 3.63) is 35.2 Å². The molecule has 6 heteroatoms. The Hall–Kier alpha value is -0.983. The predicted molar refractivity (Wildman–Crippen MR) is 87.3 cm³/mol. The van der Waals surface area contributed by atoms with E-state index in [1.54, 1.807) is 12.4 Å². The van der Waals surface area contributed by atoms with Crippen LogP contribution in [0.5, 0.6) is 0 Å². The largest absolute Gasteiger partial charge is 0.361 e. The van der Waals surface area contributed by atoms with Gasteiger partial charge in [0.25, 0.3) is 0 Å². The molecule has 0 atom stereocenters. The Kier molecular flexibility index (Phi) is 5.12. The van der Waals surface area contributed by atoms with Gasteiger partial charge in [-0.05, 0) is 34.1 Å². The number of rotatable bonds is 6. The topological polar surface area (TPSA) is 39.9 Å². The normalized spacial score (nSPS) is 11.8. The predicted octanol–water partition coefficient (Wildman–Crippen LogP) is 4.02. The fourth-order valence-electron chi connectivity index (χ4n) is 1.70. The highest BCUT2D eigenvalue weighted by Crippen LogP contribution is 2.17. The van der Waals surface area contributed by atoms with Gasteiger partial charge in [0.1, 0.15) is 12.4 Å². The Morgan fingerprint density at radius 3 is 2.70 bits per heavy atom. The molecule has 0 saturated heterocycles. The molecule has 20 heavy (non-hydrogen) atoms. The van der Waals surface area contributed by atoms with Gasteiger partial charge >= 0.3 is 0 Å². The molecule has 0 amide bonds. The lowest BCUT2D eigenvalue weighted by Crippen LogP contribution is -2.22. The van der Waals surface area contributed by atoms with E-state index in [0.29, 0.717) is 6.73 Å². The average Bonchev–Trinajstić information content (AvgIpc) is 2.83. The molecular weight excluding hydrogens is 334 g/mol. The standard InChI is InChI=1S/C14H20BrN3OSi/c1-20(2,3)9-8-19-11-18-7-6-16-14(18)13-5-4-12(15)10-17-13/h4-7,10H,8-9,11H2,1-3H3. The van der Waals surface area contributed by atoms with Gasteiger partial charge in [0, 0.05) is 37.7 Å². The molecule has 0 aliphatic heterocycles. The van der Waals surface area contributed by atoms with Crippen molar-refractivity contribution < 1.29 is 4.74 Å². The molecule has 108 valence electrons. The zero-order valence-electron chi connectivity index (χ0n) is 12.1. The molecule has 0 radical (unpaired) electrons. The van der Waals surface area contributed by atoms with Crippen LogP contribution in [-0.4, -0.2) is 29.2 Å². The molecule has 0 fully saturated rings. The van der Waals surface area contributed by atoms with Crippen LogP contribution < -0.4 is 0 Å². The van der Waals surface area contributed by atoms with Gasteiger partial charge in [0.15, 0.2) is 5.82 Å². The van der Waals surface area contributed by atoms with Crippen LogP contribution in [0, 0.1) is 0 Å². The maximum absolute atomic E-state index is 5.76. The molecule has 0 N–H and O–H groups in total. The number of nitrogens with zero attached hydrogens (tertiary/aromatic N) is 3. The summed E-state index contributed by atoms with van der Waals surface area (Å²) in [6, 6.07) is 5.09. The van der Waals surface area contributed by atoms with Crippen LogP contribution in [0.1, 0.15) is 0 Å². The maximum atomic E-state index is 5.76. The number of halogens is 1. The summed E-state index contributed by atoms with van der Waals surface area (Å²) >= 11 is 3.39. The number of hydrogen-bond acceptors (Lipinski definition) is 3. The fraction of sp³-hybridized carbons (Fsp3) is 0.429. The minimum Gasteiger partial charge on any atom is -0.361 e. The van der Waals surface area contributed by atoms with E-state index in [0.717, 1.165) is 22.6 Å². The monoisotopic (exact) mass is 353 g/mol. The molecule has 4 nitrogen and oxygen atoms in total. The molecule has 0 saturated carbocycles. The number of ether oxygens (including phenoxy) is 1. The highest BCUT2D eigenvalue weighted by Gasteiger charge is 2.12. The minimum atomic E-state index is -1.03. The second kappa shape index (κ2) is 6.65. The summed E-state index contributed by atoms with van der Waals surface area (Å²) in [5.74, 6) is 0.838. The molecular formula is C14H20BrN3OSi. The van der Waals surface area contributed by atoms with Crippen molar-refractivity contribution >= 4 is 24.0 Å². The van der Waals surface area contributed by atoms with E-state index in [9.17, 15) is 0 Å². The van der Waals surface area contributed by atoms with Crippen LogP contribution in [-0.2, 0) is 11.5 Å². The van der Waals surface area contributed by atoms with Gasteiger partial charge in [-0.3, -0.25) is 4.98 Å². The van der Waals surface area contributed by atoms with Crippen LogP contribution in [0.3, 0.4) is 0 Å². The average molecular weight is 354 g/mol. The van der Waals surface area contributed by atoms with E-state index in [1.807, 2.05) is 22.9 Å². The highest BCUT2D eigenvalue weighted by molar-refractivity contribution is 9.10. The van der Waals surface area contributed by atoms with Crippen LogP contribution in [0.15, 0.2) is 35.2 Å². The van der Waals surface area contributed by atoms with Crippen molar-refractivity contribution in [1.82, 2.24) is 14.5 Å². The smallest absolute Gasteiger partial charge is 0.160 e. The molecule has 2 heterocycles. The molecule has 2 rings (SSSR count). The van der Waals surface area contributed by atoms with E-state index < -0.39 is 8.07 Å². The van der Waals surface area contributed by atoms with Gasteiger partial charge in [-0.1, -0.05) is 19.6 Å². The third-order valence-corrected chi connectivity index (χ3v) is 5.07. The molecule has 0 bridgehead atoms. The summed E-state index contributed by atoms with van der Waals surface area (Å²) < 4.78 is 8.71. The van der Waals surface area contributed by atoms with Gasteiger partial charge in [-0.15, -0.1) is 0 Å². The number of pyridine rings is 1. The first-order valence-corrected chi connectivity index (χ1v) is 11.2. The van der Waals surface area contributed by atoms with Crippen LogP contribution in [0.2, 0.25) is 25.7 Å². The lowest BCUT2D eigenvalue weighted by Gasteiger charge is -2.16. The summed E-state index contributed by atoms with van der Waals surface area (Å²) in [5.41, 5.74) is 0.854. The Morgan fingerprint density at radius 2 is 2.05 bits per heavy atom. The third-order valence-electron chi connectivity index (χ3n) is 2.90. The summed E-state index contributed by atoms with van der Waals surface area (Å²) in [7, 11) is -1.03. The quantitative estimate of drug-likeness (QED) is 0.581. The highest BCUT2D eigenvalue weighted by atomic mass is 79.9. The van der Waals surface area contributed by atoms with E-state index in [1.165, 1.54) is 6.04 Å². The lowest BCUT2D eigenvalue weighted by molar-refractivity contribution is 0.0882. The van der Waals surface area contributed by atoms with E-state index in [-0.39, 0.29) is 0 Å². The summed E-state index contributed by atoms with van der Waals surface area (Å²) in [5, 5.41) is 0. The Bertz CT molecular complexity index is 548. The van der Waals surface area contributed by atoms with E-state index >= 15 is 0 Å². The minimum absolute atomic E-state index is 0.525. The van der Waals surface area contributed by atoms with Gasteiger partial charge in [-0.25, -0.2) is 4.98 Å². The summed E-state index contributed by atoms with van der Waals surface area (Å²) in [6.45, 7) is 8.39. The zero-order chi connectivity index (χ0) is 14.6. The SMILES string of the molecule is C[Si](C)(C)CCOCn1ccnc1-c1ccc(Br)cn1. The zero-order valence-corrected chi connectivity index (χ0v) is 14.7.